The van der Waals surface area contributed by atoms with Gasteiger partial charge in [0.1, 0.15) is 5.75 Å². The van der Waals surface area contributed by atoms with Gasteiger partial charge >= 0.3 is 0 Å². The van der Waals surface area contributed by atoms with E-state index in [4.69, 9.17) is 9.47 Å². The van der Waals surface area contributed by atoms with Crippen molar-refractivity contribution < 1.29 is 9.47 Å². The lowest BCUT2D eigenvalue weighted by molar-refractivity contribution is 0.136. The molecule has 1 N–H and O–H groups in total. The summed E-state index contributed by atoms with van der Waals surface area (Å²) in [5, 5.41) is 3.56. The topological polar surface area (TPSA) is 30.5 Å². The average Bonchev–Trinajstić information content (AvgIpc) is 2.43. The van der Waals surface area contributed by atoms with Crippen molar-refractivity contribution in [3.05, 3.63) is 29.8 Å². The summed E-state index contributed by atoms with van der Waals surface area (Å²) in [7, 11) is 1.69. The zero-order valence-corrected chi connectivity index (χ0v) is 11.7. The van der Waals surface area contributed by atoms with E-state index in [1.54, 1.807) is 7.11 Å². The molecule has 1 unspecified atom stereocenters. The number of benzene rings is 1. The molecule has 0 aliphatic rings. The van der Waals surface area contributed by atoms with Gasteiger partial charge < -0.3 is 14.8 Å². The van der Waals surface area contributed by atoms with Crippen LogP contribution in [0.5, 0.6) is 5.75 Å². The van der Waals surface area contributed by atoms with E-state index in [1.165, 1.54) is 5.56 Å². The molecule has 0 spiro atoms. The number of ether oxygens (including phenoxy) is 2. The Labute approximate surface area is 110 Å². The van der Waals surface area contributed by atoms with Gasteiger partial charge in [0.25, 0.3) is 0 Å². The minimum atomic E-state index is 0.363. The zero-order valence-electron chi connectivity index (χ0n) is 11.7. The molecule has 0 aliphatic carbocycles. The van der Waals surface area contributed by atoms with Crippen LogP contribution in [0, 0.1) is 0 Å². The Kier molecular flexibility index (Phi) is 7.46. The Balaban J connectivity index is 2.60. The molecule has 0 amide bonds. The monoisotopic (exact) mass is 251 g/mol. The van der Waals surface area contributed by atoms with Crippen molar-refractivity contribution in [1.82, 2.24) is 5.32 Å². The quantitative estimate of drug-likeness (QED) is 0.684. The number of methoxy groups -OCH3 is 1. The summed E-state index contributed by atoms with van der Waals surface area (Å²) in [6, 6.07) is 8.63. The van der Waals surface area contributed by atoms with Crippen LogP contribution >= 0.6 is 0 Å². The van der Waals surface area contributed by atoms with Gasteiger partial charge in [-0.25, -0.2) is 0 Å². The molecule has 0 heterocycles. The van der Waals surface area contributed by atoms with Gasteiger partial charge in [-0.2, -0.15) is 0 Å². The number of nitrogens with one attached hydrogen (secondary N) is 1. The summed E-state index contributed by atoms with van der Waals surface area (Å²) in [5.41, 5.74) is 1.30. The lowest BCUT2D eigenvalue weighted by Gasteiger charge is -2.19. The maximum atomic E-state index is 5.45. The summed E-state index contributed by atoms with van der Waals surface area (Å²) in [6.45, 7) is 6.82. The highest BCUT2D eigenvalue weighted by Gasteiger charge is 2.10. The van der Waals surface area contributed by atoms with Crippen LogP contribution in [0.1, 0.15) is 38.3 Å². The van der Waals surface area contributed by atoms with Crippen LogP contribution in [0.25, 0.3) is 0 Å². The van der Waals surface area contributed by atoms with Crippen LogP contribution in [0.2, 0.25) is 0 Å². The van der Waals surface area contributed by atoms with Gasteiger partial charge in [-0.05, 0) is 44.0 Å². The van der Waals surface area contributed by atoms with Gasteiger partial charge in [0.05, 0.1) is 7.11 Å². The van der Waals surface area contributed by atoms with E-state index in [0.29, 0.717) is 6.04 Å². The van der Waals surface area contributed by atoms with Crippen molar-refractivity contribution in [2.24, 2.45) is 0 Å². The number of hydrogen-bond donors (Lipinski definition) is 1. The molecule has 3 heteroatoms. The molecular formula is C15H25NO2. The Morgan fingerprint density at radius 1 is 1.17 bits per heavy atom. The second kappa shape index (κ2) is 8.95. The fraction of sp³-hybridized carbons (Fsp3) is 0.600. The van der Waals surface area contributed by atoms with E-state index in [1.807, 2.05) is 19.1 Å². The first kappa shape index (κ1) is 15.0. The Morgan fingerprint density at radius 3 is 2.44 bits per heavy atom. The Hall–Kier alpha value is -1.06. The predicted octanol–water partition coefficient (Wildman–Crippen LogP) is 3.16. The summed E-state index contributed by atoms with van der Waals surface area (Å²) < 4.78 is 10.6. The van der Waals surface area contributed by atoms with Gasteiger partial charge in [0, 0.05) is 19.3 Å². The smallest absolute Gasteiger partial charge is 0.118 e. The van der Waals surface area contributed by atoms with Crippen LogP contribution in [0.15, 0.2) is 24.3 Å². The maximum Gasteiger partial charge on any atom is 0.118 e. The Morgan fingerprint density at radius 2 is 1.89 bits per heavy atom. The third kappa shape index (κ3) is 5.07. The lowest BCUT2D eigenvalue weighted by atomic mass is 10.0. The van der Waals surface area contributed by atoms with Crippen molar-refractivity contribution in [2.75, 3.05) is 26.9 Å². The molecule has 1 aromatic carbocycles. The van der Waals surface area contributed by atoms with E-state index < -0.39 is 0 Å². The third-order valence-corrected chi connectivity index (χ3v) is 2.91. The van der Waals surface area contributed by atoms with E-state index >= 15 is 0 Å². The first-order valence-corrected chi connectivity index (χ1v) is 6.76. The molecule has 0 bridgehead atoms. The SMILES string of the molecule is CCCNC(CCOCC)c1ccc(OC)cc1. The lowest BCUT2D eigenvalue weighted by Crippen LogP contribution is -2.23. The fourth-order valence-electron chi connectivity index (χ4n) is 1.89. The van der Waals surface area contributed by atoms with Gasteiger partial charge in [-0.3, -0.25) is 0 Å². The van der Waals surface area contributed by atoms with Gasteiger partial charge in [-0.15, -0.1) is 0 Å². The average molecular weight is 251 g/mol. The minimum absolute atomic E-state index is 0.363. The molecule has 0 aliphatic heterocycles. The van der Waals surface area contributed by atoms with Crippen LogP contribution < -0.4 is 10.1 Å². The molecule has 102 valence electrons. The standard InChI is InChI=1S/C15H25NO2/c1-4-11-16-15(10-12-18-5-2)13-6-8-14(17-3)9-7-13/h6-9,15-16H,4-5,10-12H2,1-3H3. The van der Waals surface area contributed by atoms with E-state index in [2.05, 4.69) is 24.4 Å². The van der Waals surface area contributed by atoms with Gasteiger partial charge in [0.2, 0.25) is 0 Å². The fourth-order valence-corrected chi connectivity index (χ4v) is 1.89. The van der Waals surface area contributed by atoms with Crippen molar-refractivity contribution in [2.45, 2.75) is 32.7 Å². The number of rotatable bonds is 9. The second-order valence-corrected chi connectivity index (χ2v) is 4.27. The summed E-state index contributed by atoms with van der Waals surface area (Å²) in [4.78, 5) is 0. The molecule has 0 saturated heterocycles. The summed E-state index contributed by atoms with van der Waals surface area (Å²) in [5.74, 6) is 0.901. The van der Waals surface area contributed by atoms with Crippen molar-refractivity contribution >= 4 is 0 Å². The molecule has 1 rings (SSSR count). The third-order valence-electron chi connectivity index (χ3n) is 2.91. The highest BCUT2D eigenvalue weighted by molar-refractivity contribution is 5.29. The largest absolute Gasteiger partial charge is 0.497 e. The first-order chi connectivity index (χ1) is 8.81. The normalized spacial score (nSPS) is 12.4. The first-order valence-electron chi connectivity index (χ1n) is 6.76. The zero-order chi connectivity index (χ0) is 13.2. The predicted molar refractivity (Wildman–Crippen MR) is 75.1 cm³/mol. The minimum Gasteiger partial charge on any atom is -0.497 e. The van der Waals surface area contributed by atoms with Crippen LogP contribution in [-0.2, 0) is 4.74 Å². The summed E-state index contributed by atoms with van der Waals surface area (Å²) >= 11 is 0. The number of hydrogen-bond acceptors (Lipinski definition) is 3. The highest BCUT2D eigenvalue weighted by Crippen LogP contribution is 2.20. The van der Waals surface area contributed by atoms with Crippen molar-refractivity contribution in [1.29, 1.82) is 0 Å². The van der Waals surface area contributed by atoms with E-state index in [-0.39, 0.29) is 0 Å². The molecule has 0 aromatic heterocycles. The summed E-state index contributed by atoms with van der Waals surface area (Å²) in [6.07, 6.45) is 2.14. The van der Waals surface area contributed by atoms with Crippen molar-refractivity contribution in [3.8, 4) is 5.75 Å². The van der Waals surface area contributed by atoms with E-state index in [9.17, 15) is 0 Å². The molecule has 0 fully saturated rings. The highest BCUT2D eigenvalue weighted by atomic mass is 16.5. The van der Waals surface area contributed by atoms with E-state index in [0.717, 1.165) is 38.3 Å². The molecule has 0 radical (unpaired) electrons. The molecule has 18 heavy (non-hydrogen) atoms. The molecule has 1 aromatic rings. The van der Waals surface area contributed by atoms with Gasteiger partial charge in [-0.1, -0.05) is 19.1 Å². The van der Waals surface area contributed by atoms with Crippen LogP contribution in [-0.4, -0.2) is 26.9 Å². The molecule has 1 atom stereocenters. The molecule has 0 saturated carbocycles. The van der Waals surface area contributed by atoms with Crippen LogP contribution in [0.3, 0.4) is 0 Å². The maximum absolute atomic E-state index is 5.45. The molecule has 3 nitrogen and oxygen atoms in total. The van der Waals surface area contributed by atoms with Crippen molar-refractivity contribution in [3.63, 3.8) is 0 Å². The Bertz CT molecular complexity index is 311. The van der Waals surface area contributed by atoms with Gasteiger partial charge in [0.15, 0.2) is 0 Å². The van der Waals surface area contributed by atoms with Crippen LogP contribution in [0.4, 0.5) is 0 Å². The second-order valence-electron chi connectivity index (χ2n) is 4.27. The molecular weight excluding hydrogens is 226 g/mol.